The van der Waals surface area contributed by atoms with Gasteiger partial charge in [-0.15, -0.1) is 0 Å². The number of hydrogen-bond donors (Lipinski definition) is 2. The largest absolute Gasteiger partial charge is 0.478 e. The Morgan fingerprint density at radius 2 is 1.97 bits per heavy atom. The highest BCUT2D eigenvalue weighted by atomic mass is 16.4. The number of carboxylic acid groups (broad SMARTS) is 1. The third kappa shape index (κ3) is 4.15. The van der Waals surface area contributed by atoms with E-state index in [2.05, 4.69) is 24.1 Å². The van der Waals surface area contributed by atoms with Crippen molar-refractivity contribution < 1.29 is 14.3 Å². The molecule has 6 heteroatoms. The molecule has 1 atom stereocenters. The molecule has 31 heavy (non-hydrogen) atoms. The molecule has 0 bridgehead atoms. The lowest BCUT2D eigenvalue weighted by Crippen LogP contribution is -2.24. The molecule has 6 nitrogen and oxygen atoms in total. The van der Waals surface area contributed by atoms with Crippen LogP contribution in [0, 0.1) is 12.3 Å². The first-order chi connectivity index (χ1) is 14.6. The average molecular weight is 421 g/mol. The second-order valence-electron chi connectivity index (χ2n) is 9.23. The molecule has 4 rings (SSSR count). The third-order valence-corrected chi connectivity index (χ3v) is 5.97. The van der Waals surface area contributed by atoms with Crippen LogP contribution in [0.5, 0.6) is 0 Å². The Balaban J connectivity index is 1.78. The number of fused-ring (bicyclic) bond motifs is 1. The van der Waals surface area contributed by atoms with Gasteiger partial charge in [0.25, 0.3) is 0 Å². The summed E-state index contributed by atoms with van der Waals surface area (Å²) in [5.41, 5.74) is 3.16. The van der Waals surface area contributed by atoms with E-state index in [0.29, 0.717) is 22.5 Å². The SMILES string of the molecule is Cc1cc(C(C)Nc2ccccc2C(=O)O)c2oc(N3CCC(C)(C)C3)cc(=O)c2c1. The normalized spacial score (nSPS) is 16.5. The Kier molecular flexibility index (Phi) is 5.25. The maximum absolute atomic E-state index is 13.0. The van der Waals surface area contributed by atoms with Gasteiger partial charge in [-0.3, -0.25) is 4.79 Å². The van der Waals surface area contributed by atoms with Crippen LogP contribution in [0.25, 0.3) is 11.0 Å². The van der Waals surface area contributed by atoms with E-state index in [1.807, 2.05) is 26.0 Å². The van der Waals surface area contributed by atoms with Crippen molar-refractivity contribution >= 4 is 28.5 Å². The van der Waals surface area contributed by atoms with Gasteiger partial charge in [0.05, 0.1) is 17.0 Å². The molecule has 1 aliphatic rings. The molecule has 1 saturated heterocycles. The number of nitrogens with one attached hydrogen (secondary N) is 1. The zero-order valence-electron chi connectivity index (χ0n) is 18.4. The summed E-state index contributed by atoms with van der Waals surface area (Å²) in [6, 6.07) is 12.0. The van der Waals surface area contributed by atoms with Crippen molar-refractivity contribution in [3.05, 3.63) is 69.4 Å². The van der Waals surface area contributed by atoms with Crippen LogP contribution in [0.1, 0.15) is 54.7 Å². The summed E-state index contributed by atoms with van der Waals surface area (Å²) in [5, 5.41) is 13.3. The van der Waals surface area contributed by atoms with Crippen molar-refractivity contribution in [1.82, 2.24) is 0 Å². The number of aryl methyl sites for hydroxylation is 1. The average Bonchev–Trinajstić information content (AvgIpc) is 3.08. The van der Waals surface area contributed by atoms with Crippen molar-refractivity contribution in [3.63, 3.8) is 0 Å². The highest BCUT2D eigenvalue weighted by Gasteiger charge is 2.31. The smallest absolute Gasteiger partial charge is 0.337 e. The summed E-state index contributed by atoms with van der Waals surface area (Å²) in [5.74, 6) is -0.402. The standard InChI is InChI=1S/C25H28N2O4/c1-15-11-18(16(2)26-20-8-6-5-7-17(20)24(29)30)23-19(12-15)21(28)13-22(31-23)27-10-9-25(3,4)14-27/h5-8,11-13,16,26H,9-10,14H2,1-4H3,(H,29,30). The number of carbonyl (C=O) groups is 1. The van der Waals surface area contributed by atoms with Crippen LogP contribution >= 0.6 is 0 Å². The van der Waals surface area contributed by atoms with Gasteiger partial charge in [0, 0.05) is 30.4 Å². The van der Waals surface area contributed by atoms with Gasteiger partial charge in [-0.25, -0.2) is 4.79 Å². The van der Waals surface area contributed by atoms with Gasteiger partial charge >= 0.3 is 5.97 Å². The summed E-state index contributed by atoms with van der Waals surface area (Å²) in [7, 11) is 0. The molecule has 0 aliphatic carbocycles. The molecule has 0 radical (unpaired) electrons. The Bertz CT molecular complexity index is 1210. The van der Waals surface area contributed by atoms with Crippen LogP contribution in [-0.4, -0.2) is 24.2 Å². The Hall–Kier alpha value is -3.28. The maximum atomic E-state index is 13.0. The molecule has 1 aromatic heterocycles. The van der Waals surface area contributed by atoms with Crippen LogP contribution in [0.15, 0.2) is 51.7 Å². The van der Waals surface area contributed by atoms with Gasteiger partial charge in [-0.2, -0.15) is 0 Å². The molecule has 2 N–H and O–H groups in total. The topological polar surface area (TPSA) is 82.8 Å². The minimum atomic E-state index is -0.991. The number of hydrogen-bond acceptors (Lipinski definition) is 5. The van der Waals surface area contributed by atoms with Crippen LogP contribution < -0.4 is 15.6 Å². The summed E-state index contributed by atoms with van der Waals surface area (Å²) in [6.45, 7) is 10.0. The van der Waals surface area contributed by atoms with E-state index in [0.717, 1.165) is 30.6 Å². The molecule has 2 heterocycles. The molecule has 0 saturated carbocycles. The Morgan fingerprint density at radius 3 is 2.65 bits per heavy atom. The summed E-state index contributed by atoms with van der Waals surface area (Å²) >= 11 is 0. The van der Waals surface area contributed by atoms with E-state index in [1.165, 1.54) is 0 Å². The number of para-hydroxylation sites is 1. The van der Waals surface area contributed by atoms with Gasteiger partial charge in [0.1, 0.15) is 5.58 Å². The Labute approximate surface area is 181 Å². The molecular formula is C25H28N2O4. The van der Waals surface area contributed by atoms with Gasteiger partial charge in [-0.05, 0) is 49.4 Å². The second-order valence-corrected chi connectivity index (χ2v) is 9.23. The van der Waals surface area contributed by atoms with Crippen molar-refractivity contribution in [2.75, 3.05) is 23.3 Å². The van der Waals surface area contributed by atoms with Crippen LogP contribution in [0.3, 0.4) is 0 Å². The molecule has 1 fully saturated rings. The summed E-state index contributed by atoms with van der Waals surface area (Å²) in [6.07, 6.45) is 1.04. The number of carboxylic acids is 1. The fourth-order valence-corrected chi connectivity index (χ4v) is 4.31. The van der Waals surface area contributed by atoms with Crippen LogP contribution in [0.4, 0.5) is 11.6 Å². The van der Waals surface area contributed by atoms with E-state index in [9.17, 15) is 14.7 Å². The number of nitrogens with zero attached hydrogens (tertiary/aromatic N) is 1. The second kappa shape index (κ2) is 7.76. The zero-order valence-corrected chi connectivity index (χ0v) is 18.4. The van der Waals surface area contributed by atoms with E-state index in [-0.39, 0.29) is 22.4 Å². The van der Waals surface area contributed by atoms with Crippen molar-refractivity contribution in [2.45, 2.75) is 40.2 Å². The predicted octanol–water partition coefficient (Wildman–Crippen LogP) is 5.21. The Morgan fingerprint density at radius 1 is 1.23 bits per heavy atom. The fourth-order valence-electron chi connectivity index (χ4n) is 4.31. The van der Waals surface area contributed by atoms with E-state index in [1.54, 1.807) is 30.3 Å². The fraction of sp³-hybridized carbons (Fsp3) is 0.360. The lowest BCUT2D eigenvalue weighted by Gasteiger charge is -2.22. The van der Waals surface area contributed by atoms with Crippen molar-refractivity contribution in [3.8, 4) is 0 Å². The monoisotopic (exact) mass is 420 g/mol. The van der Waals surface area contributed by atoms with Crippen molar-refractivity contribution in [2.24, 2.45) is 5.41 Å². The number of anilines is 2. The first-order valence-corrected chi connectivity index (χ1v) is 10.6. The first kappa shape index (κ1) is 21.0. The minimum Gasteiger partial charge on any atom is -0.478 e. The highest BCUT2D eigenvalue weighted by molar-refractivity contribution is 5.94. The molecule has 1 aliphatic heterocycles. The summed E-state index contributed by atoms with van der Waals surface area (Å²) in [4.78, 5) is 26.7. The van der Waals surface area contributed by atoms with Crippen molar-refractivity contribution in [1.29, 1.82) is 0 Å². The summed E-state index contributed by atoms with van der Waals surface area (Å²) < 4.78 is 6.31. The van der Waals surface area contributed by atoms with Gasteiger partial charge in [-0.1, -0.05) is 32.0 Å². The number of rotatable bonds is 5. The molecular weight excluding hydrogens is 392 g/mol. The predicted molar refractivity (Wildman–Crippen MR) is 123 cm³/mol. The molecule has 1 unspecified atom stereocenters. The molecule has 3 aromatic rings. The first-order valence-electron chi connectivity index (χ1n) is 10.6. The highest BCUT2D eigenvalue weighted by Crippen LogP contribution is 2.35. The zero-order chi connectivity index (χ0) is 22.3. The van der Waals surface area contributed by atoms with Gasteiger partial charge < -0.3 is 19.7 Å². The minimum absolute atomic E-state index is 0.0657. The molecule has 2 aromatic carbocycles. The van der Waals surface area contributed by atoms with E-state index >= 15 is 0 Å². The van der Waals surface area contributed by atoms with Gasteiger partial charge in [0.2, 0.25) is 0 Å². The molecule has 162 valence electrons. The van der Waals surface area contributed by atoms with Crippen LogP contribution in [0.2, 0.25) is 0 Å². The number of benzene rings is 2. The molecule has 0 amide bonds. The van der Waals surface area contributed by atoms with E-state index < -0.39 is 5.97 Å². The van der Waals surface area contributed by atoms with E-state index in [4.69, 9.17) is 4.42 Å². The third-order valence-electron chi connectivity index (χ3n) is 5.97. The lowest BCUT2D eigenvalue weighted by atomic mass is 9.93. The van der Waals surface area contributed by atoms with Gasteiger partial charge in [0.15, 0.2) is 11.3 Å². The maximum Gasteiger partial charge on any atom is 0.337 e. The molecule has 0 spiro atoms. The number of aromatic carboxylic acids is 1. The van der Waals surface area contributed by atoms with Crippen LogP contribution in [-0.2, 0) is 0 Å². The quantitative estimate of drug-likeness (QED) is 0.590. The lowest BCUT2D eigenvalue weighted by molar-refractivity contribution is 0.0698.